The number of fused-ring (bicyclic) bond motifs is 2. The molecule has 9 heteroatoms. The molecular weight excluding hydrogens is 397 g/mol. The molecule has 156 valence electrons. The molecule has 1 fully saturated rings. The van der Waals surface area contributed by atoms with E-state index in [1.165, 1.54) is 6.33 Å². The Bertz CT molecular complexity index is 1100. The van der Waals surface area contributed by atoms with Gasteiger partial charge in [-0.25, -0.2) is 15.0 Å². The number of aliphatic imine (C=N–C) groups is 1. The molecule has 1 saturated heterocycles. The van der Waals surface area contributed by atoms with Crippen LogP contribution in [-0.4, -0.2) is 40.5 Å². The second-order valence-corrected chi connectivity index (χ2v) is 7.50. The summed E-state index contributed by atoms with van der Waals surface area (Å²) < 4.78 is 51.0. The fourth-order valence-electron chi connectivity index (χ4n) is 4.17. The number of rotatable bonds is 2. The molecule has 5 rings (SSSR count). The molecule has 0 amide bonds. The van der Waals surface area contributed by atoms with E-state index in [0.29, 0.717) is 25.7 Å². The Kier molecular flexibility index (Phi) is 4.69. The summed E-state index contributed by atoms with van der Waals surface area (Å²) in [5.41, 5.74) is 0.879. The predicted molar refractivity (Wildman–Crippen MR) is 104 cm³/mol. The summed E-state index contributed by atoms with van der Waals surface area (Å²) in [6.45, 7) is 1.83. The normalized spacial score (nSPS) is 21.6. The van der Waals surface area contributed by atoms with Crippen LogP contribution in [0.2, 0.25) is 0 Å². The molecule has 2 aromatic heterocycles. The second-order valence-electron chi connectivity index (χ2n) is 7.50. The first-order chi connectivity index (χ1) is 14.5. The Hall–Kier alpha value is -2.94. The van der Waals surface area contributed by atoms with Crippen LogP contribution in [0.5, 0.6) is 5.75 Å². The number of hydrogen-bond acceptors (Lipinski definition) is 5. The molecule has 4 heterocycles. The first-order valence-corrected chi connectivity index (χ1v) is 9.80. The zero-order valence-electron chi connectivity index (χ0n) is 15.9. The van der Waals surface area contributed by atoms with Gasteiger partial charge >= 0.3 is 6.18 Å². The number of aromatic nitrogens is 3. The molecule has 0 spiro atoms. The SMILES string of the molecule is FC(F)(F)c1cc2c(N=C3c4ccccc4OC[C@H]3C3CCOCC3)ncnc2[nH]1. The van der Waals surface area contributed by atoms with Crippen molar-refractivity contribution < 1.29 is 22.6 Å². The lowest BCUT2D eigenvalue weighted by atomic mass is 9.79. The van der Waals surface area contributed by atoms with Crippen molar-refractivity contribution in [3.63, 3.8) is 0 Å². The van der Waals surface area contributed by atoms with Crippen LogP contribution >= 0.6 is 0 Å². The van der Waals surface area contributed by atoms with Gasteiger partial charge in [-0.1, -0.05) is 12.1 Å². The van der Waals surface area contributed by atoms with Crippen LogP contribution in [0.1, 0.15) is 24.1 Å². The molecule has 0 radical (unpaired) electrons. The van der Waals surface area contributed by atoms with Crippen molar-refractivity contribution in [2.45, 2.75) is 19.0 Å². The number of H-pyrrole nitrogens is 1. The maximum absolute atomic E-state index is 13.2. The standard InChI is InChI=1S/C21H19F3N4O2/c22-21(23,24)17-9-14-19(27-17)25-11-26-20(14)28-18-13-3-1-2-4-16(13)30-10-15(18)12-5-7-29-8-6-12/h1-4,9,11-12,15H,5-8,10H2,(H,25,26,27)/t15-/m0/s1. The van der Waals surface area contributed by atoms with Crippen molar-refractivity contribution in [1.82, 2.24) is 15.0 Å². The number of benzene rings is 1. The summed E-state index contributed by atoms with van der Waals surface area (Å²) >= 11 is 0. The van der Waals surface area contributed by atoms with Crippen LogP contribution in [0.4, 0.5) is 19.0 Å². The fraction of sp³-hybridized carbons (Fsp3) is 0.381. The molecule has 6 nitrogen and oxygen atoms in total. The van der Waals surface area contributed by atoms with Gasteiger partial charge in [0.05, 0.1) is 17.7 Å². The molecule has 3 aromatic rings. The molecule has 1 atom stereocenters. The summed E-state index contributed by atoms with van der Waals surface area (Å²) in [7, 11) is 0. The van der Waals surface area contributed by atoms with Gasteiger partial charge in [-0.15, -0.1) is 0 Å². The van der Waals surface area contributed by atoms with Gasteiger partial charge in [-0.3, -0.25) is 0 Å². The number of aromatic amines is 1. The number of alkyl halides is 3. The monoisotopic (exact) mass is 416 g/mol. The summed E-state index contributed by atoms with van der Waals surface area (Å²) in [5, 5.41) is 0.243. The van der Waals surface area contributed by atoms with E-state index in [1.54, 1.807) is 0 Å². The van der Waals surface area contributed by atoms with Crippen LogP contribution in [0, 0.1) is 11.8 Å². The third-order valence-electron chi connectivity index (χ3n) is 5.70. The molecule has 1 N–H and O–H groups in total. The van der Waals surface area contributed by atoms with Gasteiger partial charge < -0.3 is 14.5 Å². The average molecular weight is 416 g/mol. The number of para-hydroxylation sites is 1. The lowest BCUT2D eigenvalue weighted by Gasteiger charge is -2.34. The zero-order chi connectivity index (χ0) is 20.7. The Balaban J connectivity index is 1.64. The minimum absolute atomic E-state index is 0.00911. The van der Waals surface area contributed by atoms with Crippen LogP contribution in [0.15, 0.2) is 41.7 Å². The maximum Gasteiger partial charge on any atom is 0.431 e. The molecule has 30 heavy (non-hydrogen) atoms. The van der Waals surface area contributed by atoms with E-state index in [1.807, 2.05) is 24.3 Å². The highest BCUT2D eigenvalue weighted by Gasteiger charge is 2.35. The number of nitrogens with one attached hydrogen (secondary N) is 1. The predicted octanol–water partition coefficient (Wildman–Crippen LogP) is 4.53. The van der Waals surface area contributed by atoms with E-state index in [0.717, 1.165) is 35.9 Å². The van der Waals surface area contributed by atoms with Crippen LogP contribution < -0.4 is 4.74 Å². The van der Waals surface area contributed by atoms with Crippen molar-refractivity contribution >= 4 is 22.6 Å². The lowest BCUT2D eigenvalue weighted by molar-refractivity contribution is -0.140. The van der Waals surface area contributed by atoms with Crippen molar-refractivity contribution in [3.8, 4) is 5.75 Å². The van der Waals surface area contributed by atoms with Gasteiger partial charge in [0.1, 0.15) is 23.4 Å². The summed E-state index contributed by atoms with van der Waals surface area (Å²) in [5.74, 6) is 1.26. The topological polar surface area (TPSA) is 72.4 Å². The highest BCUT2D eigenvalue weighted by Crippen LogP contribution is 2.38. The Labute approximate surface area is 170 Å². The summed E-state index contributed by atoms with van der Waals surface area (Å²) in [6, 6.07) is 8.60. The fourth-order valence-corrected chi connectivity index (χ4v) is 4.17. The van der Waals surface area contributed by atoms with Crippen molar-refractivity contribution in [3.05, 3.63) is 47.9 Å². The van der Waals surface area contributed by atoms with E-state index >= 15 is 0 Å². The van der Waals surface area contributed by atoms with Crippen LogP contribution in [-0.2, 0) is 10.9 Å². The van der Waals surface area contributed by atoms with Gasteiger partial charge in [0.15, 0.2) is 5.82 Å². The molecule has 0 bridgehead atoms. The Morgan fingerprint density at radius 1 is 1.10 bits per heavy atom. The second kappa shape index (κ2) is 7.39. The molecule has 0 saturated carbocycles. The number of ether oxygens (including phenoxy) is 2. The van der Waals surface area contributed by atoms with Gasteiger partial charge in [-0.2, -0.15) is 13.2 Å². The first kappa shape index (κ1) is 19.0. The van der Waals surface area contributed by atoms with Gasteiger partial charge in [0.2, 0.25) is 0 Å². The van der Waals surface area contributed by atoms with E-state index < -0.39 is 11.9 Å². The molecule has 2 aliphatic rings. The minimum atomic E-state index is -4.50. The van der Waals surface area contributed by atoms with Crippen molar-refractivity contribution in [2.75, 3.05) is 19.8 Å². The largest absolute Gasteiger partial charge is 0.492 e. The molecule has 0 unspecified atom stereocenters. The van der Waals surface area contributed by atoms with E-state index in [4.69, 9.17) is 14.5 Å². The molecule has 0 aliphatic carbocycles. The van der Waals surface area contributed by atoms with Gasteiger partial charge in [-0.05, 0) is 37.0 Å². The summed E-state index contributed by atoms with van der Waals surface area (Å²) in [4.78, 5) is 15.3. The summed E-state index contributed by atoms with van der Waals surface area (Å²) in [6.07, 6.45) is -1.50. The molecule has 1 aromatic carbocycles. The van der Waals surface area contributed by atoms with Crippen molar-refractivity contribution in [2.24, 2.45) is 16.8 Å². The number of halogens is 3. The van der Waals surface area contributed by atoms with E-state index in [-0.39, 0.29) is 22.8 Å². The van der Waals surface area contributed by atoms with E-state index in [2.05, 4.69) is 15.0 Å². The quantitative estimate of drug-likeness (QED) is 0.666. The van der Waals surface area contributed by atoms with Crippen LogP contribution in [0.25, 0.3) is 11.0 Å². The first-order valence-electron chi connectivity index (χ1n) is 9.80. The van der Waals surface area contributed by atoms with Crippen molar-refractivity contribution in [1.29, 1.82) is 0 Å². The molecular formula is C21H19F3N4O2. The molecule has 2 aliphatic heterocycles. The van der Waals surface area contributed by atoms with Gasteiger partial charge in [0.25, 0.3) is 0 Å². The van der Waals surface area contributed by atoms with Gasteiger partial charge in [0, 0.05) is 24.7 Å². The maximum atomic E-state index is 13.2. The third kappa shape index (κ3) is 3.43. The highest BCUT2D eigenvalue weighted by molar-refractivity contribution is 6.07. The van der Waals surface area contributed by atoms with E-state index in [9.17, 15) is 13.2 Å². The minimum Gasteiger partial charge on any atom is -0.492 e. The highest BCUT2D eigenvalue weighted by atomic mass is 19.4. The zero-order valence-corrected chi connectivity index (χ0v) is 15.9. The smallest absolute Gasteiger partial charge is 0.431 e. The number of hydrogen-bond donors (Lipinski definition) is 1. The third-order valence-corrected chi connectivity index (χ3v) is 5.70. The Morgan fingerprint density at radius 3 is 2.70 bits per heavy atom. The van der Waals surface area contributed by atoms with Crippen LogP contribution in [0.3, 0.4) is 0 Å². The Morgan fingerprint density at radius 2 is 1.90 bits per heavy atom. The average Bonchev–Trinajstić information content (AvgIpc) is 3.21. The number of nitrogens with zero attached hydrogens (tertiary/aromatic N) is 3. The lowest BCUT2D eigenvalue weighted by Crippen LogP contribution is -2.37.